The lowest BCUT2D eigenvalue weighted by Crippen LogP contribution is -2.07. The second kappa shape index (κ2) is 8.19. The number of alkyl halides is 1. The van der Waals surface area contributed by atoms with Gasteiger partial charge < -0.3 is 9.47 Å². The summed E-state index contributed by atoms with van der Waals surface area (Å²) in [5.74, 6) is 0.671. The van der Waals surface area contributed by atoms with Crippen LogP contribution in [0.5, 0.6) is 11.6 Å². The van der Waals surface area contributed by atoms with E-state index < -0.39 is 6.67 Å². The van der Waals surface area contributed by atoms with Crippen LogP contribution in [0.2, 0.25) is 0 Å². The van der Waals surface area contributed by atoms with Crippen molar-refractivity contribution in [1.82, 2.24) is 19.7 Å². The monoisotopic (exact) mass is 356 g/mol. The smallest absolute Gasteiger partial charge is 0.213 e. The van der Waals surface area contributed by atoms with Crippen LogP contribution in [0.1, 0.15) is 15.9 Å². The van der Waals surface area contributed by atoms with E-state index in [9.17, 15) is 9.18 Å². The van der Waals surface area contributed by atoms with E-state index in [-0.39, 0.29) is 13.2 Å². The van der Waals surface area contributed by atoms with Crippen molar-refractivity contribution in [3.05, 3.63) is 54.0 Å². The molecule has 3 aromatic heterocycles. The molecule has 0 amide bonds. The van der Waals surface area contributed by atoms with Crippen molar-refractivity contribution in [2.75, 3.05) is 13.8 Å². The Morgan fingerprint density at radius 1 is 1.27 bits per heavy atom. The van der Waals surface area contributed by atoms with Crippen molar-refractivity contribution in [1.29, 1.82) is 0 Å². The predicted molar refractivity (Wildman–Crippen MR) is 91.9 cm³/mol. The van der Waals surface area contributed by atoms with Gasteiger partial charge in [0.05, 0.1) is 36.8 Å². The fourth-order valence-corrected chi connectivity index (χ4v) is 2.50. The fourth-order valence-electron chi connectivity index (χ4n) is 2.50. The summed E-state index contributed by atoms with van der Waals surface area (Å²) in [6.45, 7) is -0.205. The van der Waals surface area contributed by atoms with Crippen LogP contribution < -0.4 is 9.47 Å². The Balaban J connectivity index is 1.86. The summed E-state index contributed by atoms with van der Waals surface area (Å²) in [6, 6.07) is 6.91. The molecule has 0 N–H and O–H groups in total. The second-order valence-electron chi connectivity index (χ2n) is 5.31. The number of carbonyl (C=O) groups excluding carboxylic acids is 1. The van der Waals surface area contributed by atoms with E-state index in [0.717, 1.165) is 5.56 Å². The molecule has 0 aliphatic rings. The van der Waals surface area contributed by atoms with Crippen LogP contribution in [0, 0.1) is 0 Å². The number of aromatic nitrogens is 4. The standard InChI is InChI=1S/C18H17FN4O3/c1-25-17-9-14(11-24)16(10-21-17)26-12-13-3-2-6-20-18(13)15-4-7-22-23(15)8-5-19/h2-4,6-7,9-11H,5,8,12H2,1H3. The fraction of sp³-hybridized carbons (Fsp3) is 0.222. The molecule has 0 bridgehead atoms. The number of ether oxygens (including phenoxy) is 2. The summed E-state index contributed by atoms with van der Waals surface area (Å²) >= 11 is 0. The number of hydrogen-bond donors (Lipinski definition) is 0. The number of aryl methyl sites for hydroxylation is 1. The van der Waals surface area contributed by atoms with Crippen molar-refractivity contribution in [3.8, 4) is 23.0 Å². The van der Waals surface area contributed by atoms with Crippen molar-refractivity contribution in [3.63, 3.8) is 0 Å². The molecular formula is C18H17FN4O3. The molecular weight excluding hydrogens is 339 g/mol. The van der Waals surface area contributed by atoms with E-state index in [1.807, 2.05) is 6.07 Å². The molecule has 0 aromatic carbocycles. The molecule has 3 aromatic rings. The molecule has 0 spiro atoms. The first kappa shape index (κ1) is 17.5. The molecule has 26 heavy (non-hydrogen) atoms. The quantitative estimate of drug-likeness (QED) is 0.578. The van der Waals surface area contributed by atoms with Crippen LogP contribution in [-0.2, 0) is 13.2 Å². The zero-order chi connectivity index (χ0) is 18.4. The third-order valence-electron chi connectivity index (χ3n) is 3.74. The van der Waals surface area contributed by atoms with Gasteiger partial charge in [0.2, 0.25) is 5.88 Å². The lowest BCUT2D eigenvalue weighted by molar-refractivity contribution is 0.111. The van der Waals surface area contributed by atoms with Gasteiger partial charge in [-0.25, -0.2) is 9.37 Å². The van der Waals surface area contributed by atoms with E-state index in [2.05, 4.69) is 15.1 Å². The van der Waals surface area contributed by atoms with E-state index >= 15 is 0 Å². The minimum atomic E-state index is -0.520. The summed E-state index contributed by atoms with van der Waals surface area (Å²) in [7, 11) is 1.47. The zero-order valence-corrected chi connectivity index (χ0v) is 14.1. The first-order chi connectivity index (χ1) is 12.8. The average Bonchev–Trinajstić information content (AvgIpc) is 3.15. The van der Waals surface area contributed by atoms with Gasteiger partial charge in [0.1, 0.15) is 19.0 Å². The lowest BCUT2D eigenvalue weighted by Gasteiger charge is -2.12. The molecule has 3 rings (SSSR count). The molecule has 134 valence electrons. The van der Waals surface area contributed by atoms with Crippen LogP contribution in [0.4, 0.5) is 4.39 Å². The van der Waals surface area contributed by atoms with E-state index in [1.165, 1.54) is 19.4 Å². The van der Waals surface area contributed by atoms with Crippen LogP contribution in [-0.4, -0.2) is 39.8 Å². The number of rotatable bonds is 8. The molecule has 0 aliphatic carbocycles. The van der Waals surface area contributed by atoms with Gasteiger partial charge in [0, 0.05) is 24.0 Å². The molecule has 7 nitrogen and oxygen atoms in total. The van der Waals surface area contributed by atoms with E-state index in [0.29, 0.717) is 34.9 Å². The predicted octanol–water partition coefficient (Wildman–Crippen LogP) is 2.71. The maximum absolute atomic E-state index is 12.7. The highest BCUT2D eigenvalue weighted by molar-refractivity contribution is 5.79. The third kappa shape index (κ3) is 3.69. The Labute approximate surface area is 149 Å². The molecule has 0 saturated carbocycles. The topological polar surface area (TPSA) is 79.1 Å². The van der Waals surface area contributed by atoms with Gasteiger partial charge in [-0.2, -0.15) is 5.10 Å². The van der Waals surface area contributed by atoms with Gasteiger partial charge >= 0.3 is 0 Å². The average molecular weight is 356 g/mol. The SMILES string of the molecule is COc1cc(C=O)c(OCc2cccnc2-c2ccnn2CCF)cn1. The molecule has 0 fully saturated rings. The van der Waals surface area contributed by atoms with Gasteiger partial charge in [-0.3, -0.25) is 14.5 Å². The number of hydrogen-bond acceptors (Lipinski definition) is 6. The van der Waals surface area contributed by atoms with Gasteiger partial charge in [-0.15, -0.1) is 0 Å². The number of pyridine rings is 2. The highest BCUT2D eigenvalue weighted by Crippen LogP contribution is 2.25. The maximum atomic E-state index is 12.7. The van der Waals surface area contributed by atoms with Gasteiger partial charge in [0.25, 0.3) is 0 Å². The van der Waals surface area contributed by atoms with Crippen LogP contribution in [0.3, 0.4) is 0 Å². The Kier molecular flexibility index (Phi) is 5.52. The molecule has 0 saturated heterocycles. The third-order valence-corrected chi connectivity index (χ3v) is 3.74. The van der Waals surface area contributed by atoms with Gasteiger partial charge in [0.15, 0.2) is 6.29 Å². The minimum Gasteiger partial charge on any atom is -0.486 e. The van der Waals surface area contributed by atoms with Crippen LogP contribution in [0.25, 0.3) is 11.4 Å². The molecule has 0 aliphatic heterocycles. The van der Waals surface area contributed by atoms with Gasteiger partial charge in [-0.05, 0) is 12.1 Å². The Hall–Kier alpha value is -3.29. The summed E-state index contributed by atoms with van der Waals surface area (Å²) < 4.78 is 25.0. The van der Waals surface area contributed by atoms with E-state index in [1.54, 1.807) is 29.2 Å². The van der Waals surface area contributed by atoms with Crippen LogP contribution >= 0.6 is 0 Å². The molecule has 8 heteroatoms. The Morgan fingerprint density at radius 3 is 2.92 bits per heavy atom. The van der Waals surface area contributed by atoms with Gasteiger partial charge in [-0.1, -0.05) is 6.07 Å². The summed E-state index contributed by atoms with van der Waals surface area (Å²) in [5.41, 5.74) is 2.46. The van der Waals surface area contributed by atoms with Crippen molar-refractivity contribution >= 4 is 6.29 Å². The Bertz CT molecular complexity index is 898. The molecule has 0 unspecified atom stereocenters. The highest BCUT2D eigenvalue weighted by atomic mass is 19.1. The molecule has 0 atom stereocenters. The lowest BCUT2D eigenvalue weighted by atomic mass is 10.1. The van der Waals surface area contributed by atoms with Crippen molar-refractivity contribution in [2.45, 2.75) is 13.2 Å². The number of carbonyl (C=O) groups is 1. The number of nitrogens with zero attached hydrogens (tertiary/aromatic N) is 4. The highest BCUT2D eigenvalue weighted by Gasteiger charge is 2.13. The summed E-state index contributed by atoms with van der Waals surface area (Å²) in [6.07, 6.45) is 5.37. The molecule has 0 radical (unpaired) electrons. The van der Waals surface area contributed by atoms with Crippen molar-refractivity contribution in [2.24, 2.45) is 0 Å². The largest absolute Gasteiger partial charge is 0.486 e. The minimum absolute atomic E-state index is 0.150. The van der Waals surface area contributed by atoms with Crippen LogP contribution in [0.15, 0.2) is 42.9 Å². The first-order valence-corrected chi connectivity index (χ1v) is 7.91. The number of halogens is 1. The number of methoxy groups -OCH3 is 1. The summed E-state index contributed by atoms with van der Waals surface area (Å²) in [4.78, 5) is 19.7. The Morgan fingerprint density at radius 2 is 2.15 bits per heavy atom. The maximum Gasteiger partial charge on any atom is 0.213 e. The molecule has 3 heterocycles. The summed E-state index contributed by atoms with van der Waals surface area (Å²) in [5, 5.41) is 4.11. The second-order valence-corrected chi connectivity index (χ2v) is 5.31. The number of aldehydes is 1. The normalized spacial score (nSPS) is 10.5. The van der Waals surface area contributed by atoms with E-state index in [4.69, 9.17) is 9.47 Å². The first-order valence-electron chi connectivity index (χ1n) is 7.91. The zero-order valence-electron chi connectivity index (χ0n) is 14.1. The van der Waals surface area contributed by atoms with Crippen molar-refractivity contribution < 1.29 is 18.7 Å².